The van der Waals surface area contributed by atoms with Crippen molar-refractivity contribution in [2.75, 3.05) is 0 Å². The van der Waals surface area contributed by atoms with E-state index in [9.17, 15) is 19.9 Å². The second kappa shape index (κ2) is 7.23. The topological polar surface area (TPSA) is 127 Å². The van der Waals surface area contributed by atoms with Crippen LogP contribution < -0.4 is 4.52 Å². The molecule has 2 rings (SSSR count). The van der Waals surface area contributed by atoms with Crippen LogP contribution in [0.25, 0.3) is 0 Å². The monoisotopic (exact) mass is 354 g/mol. The third kappa shape index (κ3) is 4.97. The molecule has 0 heterocycles. The van der Waals surface area contributed by atoms with Gasteiger partial charge in [-0.25, -0.2) is 4.57 Å². The van der Waals surface area contributed by atoms with Gasteiger partial charge in [-0.1, -0.05) is 19.1 Å². The van der Waals surface area contributed by atoms with Gasteiger partial charge < -0.3 is 19.8 Å². The summed E-state index contributed by atoms with van der Waals surface area (Å²) in [6.45, 7) is 1.84. The molecule has 0 spiro atoms. The Morgan fingerprint density at radius 3 is 2.38 bits per heavy atom. The van der Waals surface area contributed by atoms with Crippen LogP contribution in [0.2, 0.25) is 0 Å². The van der Waals surface area contributed by atoms with Gasteiger partial charge in [0.15, 0.2) is 0 Å². The van der Waals surface area contributed by atoms with Gasteiger partial charge in [0.05, 0.1) is 6.10 Å². The van der Waals surface area contributed by atoms with Crippen LogP contribution in [-0.4, -0.2) is 25.1 Å². The molecule has 0 aliphatic carbocycles. The normalized spacial score (nSPS) is 14.2. The van der Waals surface area contributed by atoms with Crippen molar-refractivity contribution in [1.82, 2.24) is 0 Å². The van der Waals surface area contributed by atoms with Crippen LogP contribution in [0.1, 0.15) is 36.5 Å². The Bertz CT molecular complexity index is 756. The largest absolute Gasteiger partial charge is 0.524 e. The maximum absolute atomic E-state index is 11.0. The summed E-state index contributed by atoms with van der Waals surface area (Å²) < 4.78 is 15.6. The molecule has 8 heteroatoms. The number of phenols is 2. The fraction of sp³-hybridized carbons (Fsp3) is 0.250. The van der Waals surface area contributed by atoms with Crippen molar-refractivity contribution in [2.45, 2.75) is 25.4 Å². The van der Waals surface area contributed by atoms with Gasteiger partial charge in [0.2, 0.25) is 0 Å². The SMILES string of the molecule is CC(CC(O)c1cc(O)ccc1OP(=O)(O)O)c1cccc(O)c1. The zero-order chi connectivity index (χ0) is 17.9. The van der Waals surface area contributed by atoms with E-state index < -0.39 is 13.9 Å². The highest BCUT2D eigenvalue weighted by Gasteiger charge is 2.23. The van der Waals surface area contributed by atoms with E-state index in [1.54, 1.807) is 18.2 Å². The molecule has 0 aliphatic rings. The summed E-state index contributed by atoms with van der Waals surface area (Å²) in [5.74, 6) is -0.405. The van der Waals surface area contributed by atoms with E-state index in [-0.39, 0.29) is 35.2 Å². The highest BCUT2D eigenvalue weighted by atomic mass is 31.2. The Morgan fingerprint density at radius 1 is 1.08 bits per heavy atom. The Morgan fingerprint density at radius 2 is 1.75 bits per heavy atom. The van der Waals surface area contributed by atoms with Gasteiger partial charge in [0, 0.05) is 5.56 Å². The lowest BCUT2D eigenvalue weighted by molar-refractivity contribution is 0.156. The summed E-state index contributed by atoms with van der Waals surface area (Å²) in [7, 11) is -4.79. The van der Waals surface area contributed by atoms with Gasteiger partial charge in [0.1, 0.15) is 17.2 Å². The van der Waals surface area contributed by atoms with Crippen LogP contribution >= 0.6 is 7.82 Å². The molecule has 0 fully saturated rings. The zero-order valence-corrected chi connectivity index (χ0v) is 13.8. The van der Waals surface area contributed by atoms with Gasteiger partial charge in [-0.3, -0.25) is 9.79 Å². The van der Waals surface area contributed by atoms with Crippen molar-refractivity contribution in [2.24, 2.45) is 0 Å². The molecule has 2 aromatic rings. The number of phosphoric acid groups is 1. The number of aromatic hydroxyl groups is 2. The lowest BCUT2D eigenvalue weighted by atomic mass is 9.92. The maximum atomic E-state index is 11.0. The van der Waals surface area contributed by atoms with Crippen molar-refractivity contribution in [3.05, 3.63) is 53.6 Å². The molecule has 5 N–H and O–H groups in total. The van der Waals surface area contributed by atoms with E-state index in [4.69, 9.17) is 9.79 Å². The van der Waals surface area contributed by atoms with Crippen molar-refractivity contribution in [3.8, 4) is 17.2 Å². The average Bonchev–Trinajstić information content (AvgIpc) is 2.47. The van der Waals surface area contributed by atoms with Gasteiger partial charge in [-0.05, 0) is 48.2 Å². The second-order valence-corrected chi connectivity index (χ2v) is 6.72. The number of phosphoric ester groups is 1. The first-order valence-electron chi connectivity index (χ1n) is 7.21. The minimum absolute atomic E-state index is 0.0744. The number of benzene rings is 2. The van der Waals surface area contributed by atoms with Gasteiger partial charge in [-0.15, -0.1) is 0 Å². The fourth-order valence-electron chi connectivity index (χ4n) is 2.44. The molecular formula is C16H19O7P. The first kappa shape index (κ1) is 18.3. The summed E-state index contributed by atoms with van der Waals surface area (Å²) in [5, 5.41) is 29.5. The number of aliphatic hydroxyl groups is 1. The summed E-state index contributed by atoms with van der Waals surface area (Å²) in [5.41, 5.74) is 0.872. The first-order chi connectivity index (χ1) is 11.2. The summed E-state index contributed by atoms with van der Waals surface area (Å²) in [6, 6.07) is 10.2. The fourth-order valence-corrected chi connectivity index (χ4v) is 2.86. The summed E-state index contributed by atoms with van der Waals surface area (Å²) in [6.07, 6.45) is -0.930. The molecule has 0 amide bonds. The molecule has 0 radical (unpaired) electrons. The standard InChI is InChI=1S/C16H19O7P/c1-10(11-3-2-4-12(17)8-11)7-15(19)14-9-13(18)5-6-16(14)23-24(20,21)22/h2-6,8-10,15,17-19H,7H2,1H3,(H2,20,21,22). The molecule has 2 aromatic carbocycles. The highest BCUT2D eigenvalue weighted by molar-refractivity contribution is 7.46. The van der Waals surface area contributed by atoms with Crippen molar-refractivity contribution < 1.29 is 34.2 Å². The van der Waals surface area contributed by atoms with Crippen LogP contribution in [0.5, 0.6) is 17.2 Å². The lowest BCUT2D eigenvalue weighted by Gasteiger charge is -2.20. The van der Waals surface area contributed by atoms with Crippen molar-refractivity contribution in [1.29, 1.82) is 0 Å². The van der Waals surface area contributed by atoms with E-state index in [0.717, 1.165) is 5.56 Å². The molecule has 2 unspecified atom stereocenters. The van der Waals surface area contributed by atoms with Gasteiger partial charge >= 0.3 is 7.82 Å². The number of hydrogen-bond acceptors (Lipinski definition) is 5. The maximum Gasteiger partial charge on any atom is 0.524 e. The Labute approximate surface area is 139 Å². The average molecular weight is 354 g/mol. The van der Waals surface area contributed by atoms with E-state index in [2.05, 4.69) is 4.52 Å². The minimum atomic E-state index is -4.79. The summed E-state index contributed by atoms with van der Waals surface area (Å²) in [4.78, 5) is 17.9. The lowest BCUT2D eigenvalue weighted by Crippen LogP contribution is -2.06. The molecule has 130 valence electrons. The summed E-state index contributed by atoms with van der Waals surface area (Å²) >= 11 is 0. The van der Waals surface area contributed by atoms with E-state index in [1.807, 2.05) is 6.92 Å². The minimum Gasteiger partial charge on any atom is -0.508 e. The van der Waals surface area contributed by atoms with Crippen LogP contribution in [0.15, 0.2) is 42.5 Å². The smallest absolute Gasteiger partial charge is 0.508 e. The van der Waals surface area contributed by atoms with Crippen LogP contribution in [0, 0.1) is 0 Å². The molecule has 24 heavy (non-hydrogen) atoms. The molecule has 0 saturated carbocycles. The second-order valence-electron chi connectivity index (χ2n) is 5.55. The Hall–Kier alpha value is -2.05. The van der Waals surface area contributed by atoms with Gasteiger partial charge in [-0.2, -0.15) is 0 Å². The Balaban J connectivity index is 2.24. The number of phenolic OH excluding ortho intramolecular Hbond substituents is 2. The van der Waals surface area contributed by atoms with Crippen LogP contribution in [0.4, 0.5) is 0 Å². The predicted molar refractivity (Wildman–Crippen MR) is 86.9 cm³/mol. The number of aliphatic hydroxyl groups excluding tert-OH is 1. The molecule has 2 atom stereocenters. The zero-order valence-electron chi connectivity index (χ0n) is 12.9. The van der Waals surface area contributed by atoms with Crippen LogP contribution in [-0.2, 0) is 4.57 Å². The third-order valence-corrected chi connectivity index (χ3v) is 4.02. The highest BCUT2D eigenvalue weighted by Crippen LogP contribution is 2.43. The first-order valence-corrected chi connectivity index (χ1v) is 8.74. The third-order valence-electron chi connectivity index (χ3n) is 3.59. The van der Waals surface area contributed by atoms with E-state index in [1.165, 1.54) is 24.3 Å². The van der Waals surface area contributed by atoms with Gasteiger partial charge in [0.25, 0.3) is 0 Å². The molecule has 0 aliphatic heterocycles. The quantitative estimate of drug-likeness (QED) is 0.505. The van der Waals surface area contributed by atoms with E-state index >= 15 is 0 Å². The van der Waals surface area contributed by atoms with Crippen LogP contribution in [0.3, 0.4) is 0 Å². The molecular weight excluding hydrogens is 335 g/mol. The molecule has 0 aromatic heterocycles. The number of hydrogen-bond donors (Lipinski definition) is 5. The predicted octanol–water partition coefficient (Wildman–Crippen LogP) is 2.80. The number of rotatable bonds is 6. The molecule has 0 saturated heterocycles. The van der Waals surface area contributed by atoms with Crippen molar-refractivity contribution in [3.63, 3.8) is 0 Å². The van der Waals surface area contributed by atoms with Crippen molar-refractivity contribution >= 4 is 7.82 Å². The molecule has 7 nitrogen and oxygen atoms in total. The molecule has 0 bridgehead atoms. The Kier molecular flexibility index (Phi) is 5.51. The van der Waals surface area contributed by atoms with E-state index in [0.29, 0.717) is 0 Å².